The van der Waals surface area contributed by atoms with Crippen molar-refractivity contribution in [3.05, 3.63) is 0 Å². The number of ether oxygens (including phenoxy) is 1. The quantitative estimate of drug-likeness (QED) is 0.740. The molecule has 0 bridgehead atoms. The van der Waals surface area contributed by atoms with E-state index in [9.17, 15) is 9.90 Å². The van der Waals surface area contributed by atoms with Crippen LogP contribution in [-0.2, 0) is 9.53 Å². The monoisotopic (exact) mass is 313 g/mol. The lowest BCUT2D eigenvalue weighted by Crippen LogP contribution is -2.53. The van der Waals surface area contributed by atoms with E-state index in [0.29, 0.717) is 31.7 Å². The Hall–Kier alpha value is -0.690. The number of carbonyl (C=O) groups is 1. The van der Waals surface area contributed by atoms with Crippen LogP contribution in [0.3, 0.4) is 0 Å². The number of hydrogen-bond acceptors (Lipinski definition) is 5. The van der Waals surface area contributed by atoms with E-state index in [2.05, 4.69) is 16.7 Å². The third-order valence-electron chi connectivity index (χ3n) is 4.86. The first-order valence-corrected chi connectivity index (χ1v) is 8.49. The Morgan fingerprint density at radius 1 is 1.27 bits per heavy atom. The number of nitrogens with zero attached hydrogens (tertiary/aromatic N) is 3. The fraction of sp³-hybridized carbons (Fsp3) is 0.938. The van der Waals surface area contributed by atoms with E-state index in [4.69, 9.17) is 4.74 Å². The molecule has 1 amide bonds. The van der Waals surface area contributed by atoms with Gasteiger partial charge in [-0.05, 0) is 12.8 Å². The Kier molecular flexibility index (Phi) is 6.62. The molecule has 2 rings (SSSR count). The van der Waals surface area contributed by atoms with Gasteiger partial charge in [0.2, 0.25) is 5.91 Å². The third-order valence-corrected chi connectivity index (χ3v) is 4.86. The first-order chi connectivity index (χ1) is 10.5. The van der Waals surface area contributed by atoms with Gasteiger partial charge in [0.1, 0.15) is 0 Å². The van der Waals surface area contributed by atoms with Gasteiger partial charge in [-0.2, -0.15) is 0 Å². The molecule has 22 heavy (non-hydrogen) atoms. The average Bonchev–Trinajstić information content (AvgIpc) is 2.85. The van der Waals surface area contributed by atoms with Crippen molar-refractivity contribution in [3.63, 3.8) is 0 Å². The minimum absolute atomic E-state index is 0.180. The number of β-amino-alcohol motifs (C(OH)–C–C–N with tert-alkyl or cyclic N) is 1. The van der Waals surface area contributed by atoms with Crippen molar-refractivity contribution in [1.82, 2.24) is 14.7 Å². The molecule has 0 radical (unpaired) electrons. The summed E-state index contributed by atoms with van der Waals surface area (Å²) in [5, 5.41) is 9.99. The molecule has 0 unspecified atom stereocenters. The maximum atomic E-state index is 11.4. The van der Waals surface area contributed by atoms with Crippen LogP contribution >= 0.6 is 0 Å². The summed E-state index contributed by atoms with van der Waals surface area (Å²) in [5.41, 5.74) is 0. The van der Waals surface area contributed by atoms with Crippen LogP contribution in [0.5, 0.6) is 0 Å². The number of aliphatic hydroxyl groups excluding tert-OH is 1. The zero-order valence-electron chi connectivity index (χ0n) is 14.2. The van der Waals surface area contributed by atoms with Gasteiger partial charge in [-0.3, -0.25) is 14.6 Å². The largest absolute Gasteiger partial charge is 0.389 e. The van der Waals surface area contributed by atoms with Crippen molar-refractivity contribution >= 4 is 5.91 Å². The Morgan fingerprint density at radius 3 is 2.55 bits per heavy atom. The molecular weight excluding hydrogens is 282 g/mol. The SMILES string of the molecule is CCOC[C@H](O)CN1C[C@@H](C)[C@@H](N2CCN(C(C)=O)CC2)C1. The number of hydrogen-bond donors (Lipinski definition) is 1. The van der Waals surface area contributed by atoms with Crippen molar-refractivity contribution in [2.75, 3.05) is 59.0 Å². The summed E-state index contributed by atoms with van der Waals surface area (Å²) >= 11 is 0. The molecule has 0 aromatic carbocycles. The first-order valence-electron chi connectivity index (χ1n) is 8.49. The molecule has 2 saturated heterocycles. The summed E-state index contributed by atoms with van der Waals surface area (Å²) in [5.74, 6) is 0.781. The molecular formula is C16H31N3O3. The van der Waals surface area contributed by atoms with Gasteiger partial charge in [0.25, 0.3) is 0 Å². The molecule has 3 atom stereocenters. The molecule has 0 aliphatic carbocycles. The Balaban J connectivity index is 1.78. The van der Waals surface area contributed by atoms with Crippen LogP contribution in [0.4, 0.5) is 0 Å². The Morgan fingerprint density at radius 2 is 1.95 bits per heavy atom. The van der Waals surface area contributed by atoms with Gasteiger partial charge in [-0.25, -0.2) is 0 Å². The van der Waals surface area contributed by atoms with Crippen molar-refractivity contribution in [2.45, 2.75) is 32.9 Å². The van der Waals surface area contributed by atoms with Gasteiger partial charge in [0.15, 0.2) is 0 Å². The topological polar surface area (TPSA) is 56.3 Å². The molecule has 0 aromatic rings. The van der Waals surface area contributed by atoms with E-state index < -0.39 is 6.10 Å². The zero-order valence-corrected chi connectivity index (χ0v) is 14.2. The van der Waals surface area contributed by atoms with Crippen LogP contribution in [0.15, 0.2) is 0 Å². The molecule has 6 heteroatoms. The molecule has 0 spiro atoms. The maximum absolute atomic E-state index is 11.4. The third kappa shape index (κ3) is 4.65. The van der Waals surface area contributed by atoms with Gasteiger partial charge in [-0.1, -0.05) is 6.92 Å². The molecule has 2 fully saturated rings. The van der Waals surface area contributed by atoms with Crippen molar-refractivity contribution in [3.8, 4) is 0 Å². The van der Waals surface area contributed by atoms with Gasteiger partial charge in [0.05, 0.1) is 12.7 Å². The number of amides is 1. The predicted molar refractivity (Wildman–Crippen MR) is 85.7 cm³/mol. The summed E-state index contributed by atoms with van der Waals surface area (Å²) in [6, 6.07) is 0.536. The minimum Gasteiger partial charge on any atom is -0.389 e. The molecule has 0 saturated carbocycles. The maximum Gasteiger partial charge on any atom is 0.219 e. The molecule has 6 nitrogen and oxygen atoms in total. The van der Waals surface area contributed by atoms with E-state index >= 15 is 0 Å². The van der Waals surface area contributed by atoms with Gasteiger partial charge >= 0.3 is 0 Å². The Labute approximate surface area is 134 Å². The number of aliphatic hydroxyl groups is 1. The van der Waals surface area contributed by atoms with Crippen molar-refractivity contribution < 1.29 is 14.6 Å². The zero-order chi connectivity index (χ0) is 16.1. The molecule has 2 heterocycles. The molecule has 2 aliphatic rings. The van der Waals surface area contributed by atoms with Crippen LogP contribution in [0.2, 0.25) is 0 Å². The lowest BCUT2D eigenvalue weighted by atomic mass is 10.0. The van der Waals surface area contributed by atoms with E-state index in [-0.39, 0.29) is 5.91 Å². The summed E-state index contributed by atoms with van der Waals surface area (Å²) in [7, 11) is 0. The van der Waals surface area contributed by atoms with E-state index in [1.165, 1.54) is 0 Å². The molecule has 1 N–H and O–H groups in total. The van der Waals surface area contributed by atoms with E-state index in [0.717, 1.165) is 39.3 Å². The second-order valence-corrected chi connectivity index (χ2v) is 6.62. The van der Waals surface area contributed by atoms with E-state index in [1.54, 1.807) is 6.92 Å². The van der Waals surface area contributed by atoms with Gasteiger partial charge in [-0.15, -0.1) is 0 Å². The van der Waals surface area contributed by atoms with Crippen LogP contribution in [-0.4, -0.2) is 96.9 Å². The highest BCUT2D eigenvalue weighted by Gasteiger charge is 2.35. The number of likely N-dealkylation sites (tertiary alicyclic amines) is 1. The molecule has 0 aromatic heterocycles. The predicted octanol–water partition coefficient (Wildman–Crippen LogP) is -0.132. The highest BCUT2D eigenvalue weighted by atomic mass is 16.5. The normalized spacial score (nSPS) is 29.0. The van der Waals surface area contributed by atoms with Crippen molar-refractivity contribution in [1.29, 1.82) is 0 Å². The van der Waals surface area contributed by atoms with Crippen molar-refractivity contribution in [2.24, 2.45) is 5.92 Å². The van der Waals surface area contributed by atoms with Crippen LogP contribution < -0.4 is 0 Å². The van der Waals surface area contributed by atoms with Crippen LogP contribution in [0.25, 0.3) is 0 Å². The fourth-order valence-corrected chi connectivity index (χ4v) is 3.65. The summed E-state index contributed by atoms with van der Waals surface area (Å²) in [6.45, 7) is 13.3. The standard InChI is InChI=1S/C16H31N3O3/c1-4-22-12-15(21)10-17-9-13(2)16(11-17)19-7-5-18(6-8-19)14(3)20/h13,15-16,21H,4-12H2,1-3H3/t13-,15-,16+/m1/s1. The van der Waals surface area contributed by atoms with E-state index in [1.807, 2.05) is 11.8 Å². The summed E-state index contributed by atoms with van der Waals surface area (Å²) in [6.07, 6.45) is -0.402. The fourth-order valence-electron chi connectivity index (χ4n) is 3.65. The summed E-state index contributed by atoms with van der Waals surface area (Å²) in [4.78, 5) is 18.2. The Bertz CT molecular complexity index is 359. The number of piperazine rings is 1. The van der Waals surface area contributed by atoms with Crippen LogP contribution in [0, 0.1) is 5.92 Å². The second kappa shape index (κ2) is 8.24. The number of carbonyl (C=O) groups excluding carboxylic acids is 1. The number of rotatable bonds is 6. The molecule has 2 aliphatic heterocycles. The van der Waals surface area contributed by atoms with Gasteiger partial charge in [0, 0.05) is 65.4 Å². The lowest BCUT2D eigenvalue weighted by molar-refractivity contribution is -0.130. The molecule has 128 valence electrons. The highest BCUT2D eigenvalue weighted by molar-refractivity contribution is 5.73. The minimum atomic E-state index is -0.402. The van der Waals surface area contributed by atoms with Crippen LogP contribution in [0.1, 0.15) is 20.8 Å². The summed E-state index contributed by atoms with van der Waals surface area (Å²) < 4.78 is 5.29. The first kappa shape index (κ1) is 17.7. The average molecular weight is 313 g/mol. The smallest absolute Gasteiger partial charge is 0.219 e. The lowest BCUT2D eigenvalue weighted by Gasteiger charge is -2.39. The highest BCUT2D eigenvalue weighted by Crippen LogP contribution is 2.23. The van der Waals surface area contributed by atoms with Gasteiger partial charge < -0.3 is 14.7 Å². The second-order valence-electron chi connectivity index (χ2n) is 6.62.